The molecule has 1 unspecified atom stereocenters. The number of hydrogen-bond donors (Lipinski definition) is 1. The maximum absolute atomic E-state index is 12.7. The monoisotopic (exact) mass is 456 g/mol. The Morgan fingerprint density at radius 3 is 2.32 bits per heavy atom. The Hall–Kier alpha value is -2.55. The fourth-order valence-corrected chi connectivity index (χ4v) is 3.27. The molecular formula is C19H16BrF3N2O3. The number of rotatable bonds is 4. The van der Waals surface area contributed by atoms with Crippen LogP contribution in [-0.4, -0.2) is 35.7 Å². The van der Waals surface area contributed by atoms with Crippen molar-refractivity contribution in [2.45, 2.75) is 25.2 Å². The number of anilines is 1. The molecule has 1 heterocycles. The van der Waals surface area contributed by atoms with E-state index in [0.717, 1.165) is 16.6 Å². The van der Waals surface area contributed by atoms with Gasteiger partial charge in [-0.05, 0) is 61.4 Å². The third kappa shape index (κ3) is 5.03. The van der Waals surface area contributed by atoms with Gasteiger partial charge >= 0.3 is 6.36 Å². The second-order valence-electron chi connectivity index (χ2n) is 6.22. The number of ether oxygens (including phenoxy) is 1. The van der Waals surface area contributed by atoms with Gasteiger partial charge < -0.3 is 15.0 Å². The van der Waals surface area contributed by atoms with Crippen molar-refractivity contribution in [2.24, 2.45) is 0 Å². The number of carbonyl (C=O) groups excluding carboxylic acids is 2. The molecule has 2 aromatic carbocycles. The van der Waals surface area contributed by atoms with Crippen molar-refractivity contribution in [3.05, 3.63) is 58.6 Å². The predicted octanol–water partition coefficient (Wildman–Crippen LogP) is 4.59. The maximum Gasteiger partial charge on any atom is 0.573 e. The molecule has 1 aliphatic rings. The number of amides is 2. The summed E-state index contributed by atoms with van der Waals surface area (Å²) >= 11 is 3.31. The van der Waals surface area contributed by atoms with E-state index >= 15 is 0 Å². The first-order valence-electron chi connectivity index (χ1n) is 8.46. The highest BCUT2D eigenvalue weighted by molar-refractivity contribution is 9.10. The molecule has 28 heavy (non-hydrogen) atoms. The average Bonchev–Trinajstić information content (AvgIpc) is 3.12. The van der Waals surface area contributed by atoms with E-state index in [9.17, 15) is 22.8 Å². The number of alkyl halides is 3. The van der Waals surface area contributed by atoms with E-state index in [-0.39, 0.29) is 17.6 Å². The first kappa shape index (κ1) is 20.2. The molecule has 1 atom stereocenters. The number of benzene rings is 2. The third-order valence-electron chi connectivity index (χ3n) is 4.26. The summed E-state index contributed by atoms with van der Waals surface area (Å²) in [6.45, 7) is 0.464. The van der Waals surface area contributed by atoms with Gasteiger partial charge in [-0.3, -0.25) is 9.59 Å². The highest BCUT2D eigenvalue weighted by atomic mass is 79.9. The lowest BCUT2D eigenvalue weighted by atomic mass is 10.1. The van der Waals surface area contributed by atoms with Gasteiger partial charge in [-0.2, -0.15) is 0 Å². The van der Waals surface area contributed by atoms with Crippen LogP contribution < -0.4 is 10.1 Å². The number of halogens is 4. The largest absolute Gasteiger partial charge is 0.573 e. The molecule has 0 radical (unpaired) electrons. The molecule has 1 N–H and O–H groups in total. The molecule has 0 aliphatic carbocycles. The van der Waals surface area contributed by atoms with Gasteiger partial charge in [0.2, 0.25) is 5.91 Å². The molecule has 0 bridgehead atoms. The van der Waals surface area contributed by atoms with Crippen molar-refractivity contribution in [1.29, 1.82) is 0 Å². The molecule has 9 heteroatoms. The van der Waals surface area contributed by atoms with Crippen molar-refractivity contribution >= 4 is 33.4 Å². The topological polar surface area (TPSA) is 58.6 Å². The van der Waals surface area contributed by atoms with Crippen LogP contribution in [0.5, 0.6) is 5.75 Å². The number of carbonyl (C=O) groups is 2. The molecular weight excluding hydrogens is 441 g/mol. The van der Waals surface area contributed by atoms with Gasteiger partial charge in [0, 0.05) is 22.3 Å². The van der Waals surface area contributed by atoms with E-state index in [4.69, 9.17) is 0 Å². The SMILES string of the molecule is O=C(Nc1ccc(OC(F)(F)F)cc1)C1CCCN1C(=O)c1ccc(Br)cc1. The van der Waals surface area contributed by atoms with Gasteiger partial charge in [-0.25, -0.2) is 0 Å². The van der Waals surface area contributed by atoms with Gasteiger partial charge in [0.15, 0.2) is 0 Å². The lowest BCUT2D eigenvalue weighted by molar-refractivity contribution is -0.274. The smallest absolute Gasteiger partial charge is 0.406 e. The highest BCUT2D eigenvalue weighted by Crippen LogP contribution is 2.25. The summed E-state index contributed by atoms with van der Waals surface area (Å²) in [5.74, 6) is -0.995. The molecule has 3 rings (SSSR count). The van der Waals surface area contributed by atoms with E-state index in [1.54, 1.807) is 24.3 Å². The van der Waals surface area contributed by atoms with Crippen molar-refractivity contribution in [3.8, 4) is 5.75 Å². The molecule has 1 saturated heterocycles. The van der Waals surface area contributed by atoms with Crippen LogP contribution in [0.2, 0.25) is 0 Å². The van der Waals surface area contributed by atoms with E-state index in [1.807, 2.05) is 0 Å². The second-order valence-corrected chi connectivity index (χ2v) is 7.14. The minimum atomic E-state index is -4.78. The second kappa shape index (κ2) is 8.22. The van der Waals surface area contributed by atoms with Crippen LogP contribution in [0.4, 0.5) is 18.9 Å². The van der Waals surface area contributed by atoms with Crippen LogP contribution in [0, 0.1) is 0 Å². The zero-order chi connectivity index (χ0) is 20.3. The molecule has 2 amide bonds. The van der Waals surface area contributed by atoms with Gasteiger partial charge in [0.25, 0.3) is 5.91 Å². The van der Waals surface area contributed by atoms with E-state index in [0.29, 0.717) is 30.6 Å². The summed E-state index contributed by atoms with van der Waals surface area (Å²) in [6, 6.07) is 11.1. The van der Waals surface area contributed by atoms with Crippen LogP contribution in [0.1, 0.15) is 23.2 Å². The van der Waals surface area contributed by atoms with Crippen LogP contribution in [-0.2, 0) is 4.79 Å². The van der Waals surface area contributed by atoms with Gasteiger partial charge in [0.05, 0.1) is 0 Å². The first-order valence-corrected chi connectivity index (χ1v) is 9.25. The minimum Gasteiger partial charge on any atom is -0.406 e. The minimum absolute atomic E-state index is 0.237. The van der Waals surface area contributed by atoms with Gasteiger partial charge in [-0.15, -0.1) is 13.2 Å². The highest BCUT2D eigenvalue weighted by Gasteiger charge is 2.35. The summed E-state index contributed by atoms with van der Waals surface area (Å²) < 4.78 is 41.3. The van der Waals surface area contributed by atoms with Crippen molar-refractivity contribution in [1.82, 2.24) is 4.90 Å². The van der Waals surface area contributed by atoms with Crippen LogP contribution in [0.25, 0.3) is 0 Å². The van der Waals surface area contributed by atoms with Crippen LogP contribution >= 0.6 is 15.9 Å². The normalized spacial score (nSPS) is 16.7. The summed E-state index contributed by atoms with van der Waals surface area (Å²) in [4.78, 5) is 26.8. The molecule has 1 aliphatic heterocycles. The Bertz CT molecular complexity index is 854. The zero-order valence-corrected chi connectivity index (χ0v) is 16.1. The third-order valence-corrected chi connectivity index (χ3v) is 4.79. The van der Waals surface area contributed by atoms with Gasteiger partial charge in [-0.1, -0.05) is 15.9 Å². The van der Waals surface area contributed by atoms with Crippen molar-refractivity contribution in [3.63, 3.8) is 0 Å². The quantitative estimate of drug-likeness (QED) is 0.731. The Balaban J connectivity index is 1.66. The van der Waals surface area contributed by atoms with Crippen LogP contribution in [0.15, 0.2) is 53.0 Å². The van der Waals surface area contributed by atoms with Crippen LogP contribution in [0.3, 0.4) is 0 Å². The number of nitrogens with zero attached hydrogens (tertiary/aromatic N) is 1. The molecule has 5 nitrogen and oxygen atoms in total. The lowest BCUT2D eigenvalue weighted by Crippen LogP contribution is -2.43. The average molecular weight is 457 g/mol. The summed E-state index contributed by atoms with van der Waals surface area (Å²) in [7, 11) is 0. The number of nitrogens with one attached hydrogen (secondary N) is 1. The van der Waals surface area contributed by atoms with Crippen molar-refractivity contribution < 1.29 is 27.5 Å². The molecule has 148 valence electrons. The molecule has 0 spiro atoms. The summed E-state index contributed by atoms with van der Waals surface area (Å²) in [5, 5.41) is 2.64. The molecule has 1 fully saturated rings. The number of likely N-dealkylation sites (tertiary alicyclic amines) is 1. The lowest BCUT2D eigenvalue weighted by Gasteiger charge is -2.24. The Morgan fingerprint density at radius 1 is 1.07 bits per heavy atom. The Labute approximate surface area is 167 Å². The fourth-order valence-electron chi connectivity index (χ4n) is 3.01. The Morgan fingerprint density at radius 2 is 1.71 bits per heavy atom. The fraction of sp³-hybridized carbons (Fsp3) is 0.263. The molecule has 0 aromatic heterocycles. The van der Waals surface area contributed by atoms with Gasteiger partial charge in [0.1, 0.15) is 11.8 Å². The van der Waals surface area contributed by atoms with Crippen molar-refractivity contribution in [2.75, 3.05) is 11.9 Å². The zero-order valence-electron chi connectivity index (χ0n) is 14.5. The van der Waals surface area contributed by atoms with E-state index in [1.165, 1.54) is 17.0 Å². The molecule has 2 aromatic rings. The van der Waals surface area contributed by atoms with E-state index in [2.05, 4.69) is 26.0 Å². The Kier molecular flexibility index (Phi) is 5.93. The summed E-state index contributed by atoms with van der Waals surface area (Å²) in [5.41, 5.74) is 0.805. The van der Waals surface area contributed by atoms with E-state index < -0.39 is 12.4 Å². The first-order chi connectivity index (χ1) is 13.2. The summed E-state index contributed by atoms with van der Waals surface area (Å²) in [6.07, 6.45) is -3.56. The predicted molar refractivity (Wildman–Crippen MR) is 100.0 cm³/mol. The maximum atomic E-state index is 12.7. The molecule has 0 saturated carbocycles. The standard InChI is InChI=1S/C19H16BrF3N2O3/c20-13-5-3-12(4-6-13)18(27)25-11-1-2-16(25)17(26)24-14-7-9-15(10-8-14)28-19(21,22)23/h3-10,16H,1-2,11H2,(H,24,26). The number of hydrogen-bond acceptors (Lipinski definition) is 3.